The summed E-state index contributed by atoms with van der Waals surface area (Å²) in [5.41, 5.74) is 1.08. The maximum atomic E-state index is 11.8. The van der Waals surface area contributed by atoms with Crippen LogP contribution in [-0.2, 0) is 0 Å². The Labute approximate surface area is 119 Å². The predicted molar refractivity (Wildman–Crippen MR) is 80.7 cm³/mol. The van der Waals surface area contributed by atoms with E-state index in [1.807, 2.05) is 38.2 Å². The summed E-state index contributed by atoms with van der Waals surface area (Å²) in [4.78, 5) is 23.5. The largest absolute Gasteiger partial charge is 0.349 e. The number of nitrogens with one attached hydrogen (secondary N) is 2. The highest BCUT2D eigenvalue weighted by atomic mass is 16.2. The minimum atomic E-state index is -0.149. The number of benzene rings is 1. The van der Waals surface area contributed by atoms with Crippen LogP contribution in [0, 0.1) is 0 Å². The molecule has 0 spiro atoms. The van der Waals surface area contributed by atoms with Gasteiger partial charge in [-0.3, -0.25) is 9.59 Å². The average molecular weight is 272 g/mol. The second kappa shape index (κ2) is 8.69. The third-order valence-corrected chi connectivity index (χ3v) is 2.64. The van der Waals surface area contributed by atoms with E-state index in [1.54, 1.807) is 24.3 Å². The van der Waals surface area contributed by atoms with Crippen molar-refractivity contribution in [2.75, 3.05) is 13.1 Å². The predicted octanol–water partition coefficient (Wildman–Crippen LogP) is 2.30. The van der Waals surface area contributed by atoms with Gasteiger partial charge in [-0.05, 0) is 38.1 Å². The summed E-state index contributed by atoms with van der Waals surface area (Å²) in [5, 5.41) is 5.51. The van der Waals surface area contributed by atoms with E-state index in [9.17, 15) is 9.59 Å². The van der Waals surface area contributed by atoms with E-state index in [0.29, 0.717) is 24.2 Å². The molecule has 0 aromatic heterocycles. The van der Waals surface area contributed by atoms with Crippen LogP contribution >= 0.6 is 0 Å². The molecule has 0 saturated carbocycles. The second-order valence-corrected chi connectivity index (χ2v) is 4.14. The smallest absolute Gasteiger partial charge is 0.251 e. The lowest BCUT2D eigenvalue weighted by molar-refractivity contribution is 0.0946. The van der Waals surface area contributed by atoms with Crippen LogP contribution in [0.3, 0.4) is 0 Å². The molecule has 1 aromatic carbocycles. The molecular formula is C16H20N2O2. The summed E-state index contributed by atoms with van der Waals surface area (Å²) in [6.07, 6.45) is 7.47. The number of carbonyl (C=O) groups excluding carboxylic acids is 2. The fourth-order valence-corrected chi connectivity index (χ4v) is 1.52. The molecule has 4 nitrogen and oxygen atoms in total. The van der Waals surface area contributed by atoms with Crippen molar-refractivity contribution in [3.8, 4) is 0 Å². The van der Waals surface area contributed by atoms with Crippen molar-refractivity contribution < 1.29 is 9.59 Å². The van der Waals surface area contributed by atoms with Gasteiger partial charge in [0, 0.05) is 24.2 Å². The summed E-state index contributed by atoms with van der Waals surface area (Å²) in [6, 6.07) is 6.59. The van der Waals surface area contributed by atoms with Gasteiger partial charge >= 0.3 is 0 Å². The van der Waals surface area contributed by atoms with Crippen LogP contribution in [-0.4, -0.2) is 24.9 Å². The maximum Gasteiger partial charge on any atom is 0.251 e. The van der Waals surface area contributed by atoms with Crippen LogP contribution in [0.25, 0.3) is 0 Å². The number of rotatable bonds is 6. The van der Waals surface area contributed by atoms with Crippen LogP contribution < -0.4 is 10.6 Å². The number of hydrogen-bond donors (Lipinski definition) is 2. The van der Waals surface area contributed by atoms with Crippen molar-refractivity contribution in [3.63, 3.8) is 0 Å². The number of carbonyl (C=O) groups is 2. The van der Waals surface area contributed by atoms with Crippen molar-refractivity contribution >= 4 is 11.8 Å². The Morgan fingerprint density at radius 3 is 1.50 bits per heavy atom. The van der Waals surface area contributed by atoms with Gasteiger partial charge in [0.25, 0.3) is 11.8 Å². The topological polar surface area (TPSA) is 58.2 Å². The summed E-state index contributed by atoms with van der Waals surface area (Å²) >= 11 is 0. The quantitative estimate of drug-likeness (QED) is 0.781. The number of amides is 2. The van der Waals surface area contributed by atoms with E-state index < -0.39 is 0 Å². The third kappa shape index (κ3) is 5.10. The van der Waals surface area contributed by atoms with E-state index >= 15 is 0 Å². The first kappa shape index (κ1) is 15.7. The molecule has 0 unspecified atom stereocenters. The van der Waals surface area contributed by atoms with Crippen LogP contribution in [0.5, 0.6) is 0 Å². The molecule has 0 atom stereocenters. The van der Waals surface area contributed by atoms with Gasteiger partial charge in [-0.25, -0.2) is 0 Å². The lowest BCUT2D eigenvalue weighted by Gasteiger charge is -2.05. The van der Waals surface area contributed by atoms with Crippen molar-refractivity contribution in [2.24, 2.45) is 0 Å². The van der Waals surface area contributed by atoms with Gasteiger partial charge in [0.2, 0.25) is 0 Å². The molecule has 2 N–H and O–H groups in total. The van der Waals surface area contributed by atoms with Crippen LogP contribution in [0.1, 0.15) is 34.6 Å². The number of allylic oxidation sites excluding steroid dienone is 2. The molecule has 20 heavy (non-hydrogen) atoms. The minimum Gasteiger partial charge on any atom is -0.349 e. The molecule has 0 aliphatic heterocycles. The summed E-state index contributed by atoms with van der Waals surface area (Å²) in [5.74, 6) is -0.298. The van der Waals surface area contributed by atoms with Crippen molar-refractivity contribution in [1.82, 2.24) is 10.6 Å². The summed E-state index contributed by atoms with van der Waals surface area (Å²) < 4.78 is 0. The van der Waals surface area contributed by atoms with Gasteiger partial charge < -0.3 is 10.6 Å². The monoisotopic (exact) mass is 272 g/mol. The van der Waals surface area contributed by atoms with Gasteiger partial charge in [0.05, 0.1) is 0 Å². The molecule has 0 bridgehead atoms. The van der Waals surface area contributed by atoms with Gasteiger partial charge in [-0.1, -0.05) is 24.3 Å². The SMILES string of the molecule is C/C=C/CNC(=O)c1ccc(C(=O)NC/C=C/C)cc1. The first-order valence-corrected chi connectivity index (χ1v) is 6.57. The highest BCUT2D eigenvalue weighted by molar-refractivity contribution is 5.97. The molecule has 0 aliphatic rings. The maximum absolute atomic E-state index is 11.8. The minimum absolute atomic E-state index is 0.149. The average Bonchev–Trinajstić information content (AvgIpc) is 2.47. The molecule has 2 amide bonds. The Hall–Kier alpha value is -2.36. The Balaban J connectivity index is 2.59. The zero-order chi connectivity index (χ0) is 14.8. The fraction of sp³-hybridized carbons (Fsp3) is 0.250. The summed E-state index contributed by atoms with van der Waals surface area (Å²) in [6.45, 7) is 4.79. The van der Waals surface area contributed by atoms with E-state index in [1.165, 1.54) is 0 Å². The van der Waals surface area contributed by atoms with E-state index in [-0.39, 0.29) is 11.8 Å². The van der Waals surface area contributed by atoms with E-state index in [2.05, 4.69) is 10.6 Å². The second-order valence-electron chi connectivity index (χ2n) is 4.14. The molecule has 106 valence electrons. The molecule has 1 aromatic rings. The van der Waals surface area contributed by atoms with Gasteiger partial charge in [0.15, 0.2) is 0 Å². The molecule has 0 heterocycles. The molecule has 0 aliphatic carbocycles. The summed E-state index contributed by atoms with van der Waals surface area (Å²) in [7, 11) is 0. The molecular weight excluding hydrogens is 252 g/mol. The van der Waals surface area contributed by atoms with E-state index in [0.717, 1.165) is 0 Å². The Morgan fingerprint density at radius 1 is 0.850 bits per heavy atom. The Morgan fingerprint density at radius 2 is 1.20 bits per heavy atom. The molecule has 4 heteroatoms. The molecule has 0 saturated heterocycles. The lowest BCUT2D eigenvalue weighted by Crippen LogP contribution is -2.25. The fourth-order valence-electron chi connectivity index (χ4n) is 1.52. The highest BCUT2D eigenvalue weighted by Crippen LogP contribution is 2.04. The highest BCUT2D eigenvalue weighted by Gasteiger charge is 2.07. The van der Waals surface area contributed by atoms with Crippen LogP contribution in [0.2, 0.25) is 0 Å². The first-order chi connectivity index (χ1) is 9.69. The normalized spacial score (nSPS) is 10.9. The first-order valence-electron chi connectivity index (χ1n) is 6.57. The zero-order valence-electron chi connectivity index (χ0n) is 11.8. The van der Waals surface area contributed by atoms with Gasteiger partial charge in [-0.15, -0.1) is 0 Å². The zero-order valence-corrected chi connectivity index (χ0v) is 11.8. The Bertz CT molecular complexity index is 455. The molecule has 0 fully saturated rings. The van der Waals surface area contributed by atoms with Crippen molar-refractivity contribution in [3.05, 3.63) is 59.7 Å². The van der Waals surface area contributed by atoms with Crippen LogP contribution in [0.15, 0.2) is 48.6 Å². The third-order valence-electron chi connectivity index (χ3n) is 2.64. The van der Waals surface area contributed by atoms with Crippen molar-refractivity contribution in [1.29, 1.82) is 0 Å². The molecule has 0 radical (unpaired) electrons. The van der Waals surface area contributed by atoms with Crippen LogP contribution in [0.4, 0.5) is 0 Å². The van der Waals surface area contributed by atoms with E-state index in [4.69, 9.17) is 0 Å². The van der Waals surface area contributed by atoms with Crippen molar-refractivity contribution in [2.45, 2.75) is 13.8 Å². The number of hydrogen-bond acceptors (Lipinski definition) is 2. The standard InChI is InChI=1S/C16H20N2O2/c1-3-5-11-17-15(19)13-7-9-14(10-8-13)16(20)18-12-6-4-2/h3-10H,11-12H2,1-2H3,(H,17,19)(H,18,20)/b5-3+,6-4+. The van der Waals surface area contributed by atoms with Gasteiger partial charge in [0.1, 0.15) is 0 Å². The lowest BCUT2D eigenvalue weighted by atomic mass is 10.1. The van der Waals surface area contributed by atoms with Gasteiger partial charge in [-0.2, -0.15) is 0 Å². The Kier molecular flexibility index (Phi) is 6.82. The molecule has 1 rings (SSSR count).